The number of methoxy groups -OCH3 is 1. The summed E-state index contributed by atoms with van der Waals surface area (Å²) in [4.78, 5) is 22.5. The van der Waals surface area contributed by atoms with Crippen LogP contribution < -0.4 is 5.32 Å². The van der Waals surface area contributed by atoms with Crippen LogP contribution in [0.15, 0.2) is 0 Å². The Labute approximate surface area is 101 Å². The van der Waals surface area contributed by atoms with Crippen molar-refractivity contribution in [2.24, 2.45) is 17.3 Å². The van der Waals surface area contributed by atoms with Gasteiger partial charge in [-0.25, -0.2) is 0 Å². The molecule has 0 aromatic carbocycles. The highest BCUT2D eigenvalue weighted by Gasteiger charge is 2.53. The highest BCUT2D eigenvalue weighted by atomic mass is 16.5. The number of carboxylic acid groups (broad SMARTS) is 1. The number of amides is 1. The Hall–Kier alpha value is -1.10. The van der Waals surface area contributed by atoms with Gasteiger partial charge >= 0.3 is 5.97 Å². The molecule has 4 unspecified atom stereocenters. The third kappa shape index (κ3) is 2.04. The Kier molecular flexibility index (Phi) is 2.89. The SMILES string of the molecule is COC1CC(NC(=O)C2CC2C(=O)O)C1(C)C. The van der Waals surface area contributed by atoms with Crippen LogP contribution in [0.5, 0.6) is 0 Å². The van der Waals surface area contributed by atoms with Crippen molar-refractivity contribution < 1.29 is 19.4 Å². The Morgan fingerprint density at radius 1 is 1.29 bits per heavy atom. The lowest BCUT2D eigenvalue weighted by Gasteiger charge is -2.51. The van der Waals surface area contributed by atoms with Crippen LogP contribution >= 0.6 is 0 Å². The van der Waals surface area contributed by atoms with Crippen molar-refractivity contribution >= 4 is 11.9 Å². The number of carboxylic acids is 1. The van der Waals surface area contributed by atoms with Gasteiger partial charge in [0.25, 0.3) is 0 Å². The van der Waals surface area contributed by atoms with Crippen LogP contribution in [0, 0.1) is 17.3 Å². The number of nitrogens with one attached hydrogen (secondary N) is 1. The van der Waals surface area contributed by atoms with Gasteiger partial charge in [-0.1, -0.05) is 13.8 Å². The van der Waals surface area contributed by atoms with Crippen molar-refractivity contribution in [3.05, 3.63) is 0 Å². The lowest BCUT2D eigenvalue weighted by Crippen LogP contribution is -2.62. The number of ether oxygens (including phenoxy) is 1. The molecular weight excluding hydrogens is 222 g/mol. The van der Waals surface area contributed by atoms with Crippen LogP contribution in [0.2, 0.25) is 0 Å². The molecule has 0 radical (unpaired) electrons. The molecule has 2 fully saturated rings. The molecule has 0 bridgehead atoms. The number of carbonyl (C=O) groups excluding carboxylic acids is 1. The molecule has 0 aromatic heterocycles. The molecule has 1 amide bonds. The molecule has 0 aromatic rings. The fourth-order valence-electron chi connectivity index (χ4n) is 2.57. The molecule has 5 heteroatoms. The molecule has 2 saturated carbocycles. The molecule has 2 aliphatic carbocycles. The van der Waals surface area contributed by atoms with E-state index in [1.165, 1.54) is 0 Å². The largest absolute Gasteiger partial charge is 0.481 e. The lowest BCUT2D eigenvalue weighted by atomic mass is 9.64. The van der Waals surface area contributed by atoms with E-state index in [0.717, 1.165) is 6.42 Å². The molecular formula is C12H19NO4. The summed E-state index contributed by atoms with van der Waals surface area (Å²) in [5.74, 6) is -1.79. The smallest absolute Gasteiger partial charge is 0.307 e. The number of aliphatic carboxylic acids is 1. The van der Waals surface area contributed by atoms with Gasteiger partial charge in [-0.05, 0) is 12.8 Å². The van der Waals surface area contributed by atoms with Crippen LogP contribution in [0.3, 0.4) is 0 Å². The summed E-state index contributed by atoms with van der Waals surface area (Å²) in [6.45, 7) is 4.11. The second kappa shape index (κ2) is 3.98. The second-order valence-corrected chi connectivity index (χ2v) is 5.63. The first-order valence-electron chi connectivity index (χ1n) is 5.94. The lowest BCUT2D eigenvalue weighted by molar-refractivity contribution is -0.141. The van der Waals surface area contributed by atoms with Gasteiger partial charge in [0.2, 0.25) is 5.91 Å². The zero-order chi connectivity index (χ0) is 12.8. The fraction of sp³-hybridized carbons (Fsp3) is 0.833. The summed E-state index contributed by atoms with van der Waals surface area (Å²) < 4.78 is 5.30. The zero-order valence-electron chi connectivity index (χ0n) is 10.4. The van der Waals surface area contributed by atoms with Crippen LogP contribution in [0.25, 0.3) is 0 Å². The molecule has 17 heavy (non-hydrogen) atoms. The van der Waals surface area contributed by atoms with Crippen molar-refractivity contribution in [2.45, 2.75) is 38.8 Å². The molecule has 0 aliphatic heterocycles. The molecule has 2 aliphatic rings. The third-order valence-corrected chi connectivity index (χ3v) is 4.22. The molecule has 0 spiro atoms. The first kappa shape index (κ1) is 12.4. The first-order valence-corrected chi connectivity index (χ1v) is 5.94. The maximum absolute atomic E-state index is 11.8. The van der Waals surface area contributed by atoms with E-state index in [0.29, 0.717) is 6.42 Å². The molecule has 5 nitrogen and oxygen atoms in total. The van der Waals surface area contributed by atoms with E-state index in [1.54, 1.807) is 7.11 Å². The highest BCUT2D eigenvalue weighted by Crippen LogP contribution is 2.44. The van der Waals surface area contributed by atoms with E-state index in [4.69, 9.17) is 9.84 Å². The van der Waals surface area contributed by atoms with E-state index in [-0.39, 0.29) is 29.4 Å². The third-order valence-electron chi connectivity index (χ3n) is 4.22. The zero-order valence-corrected chi connectivity index (χ0v) is 10.4. The fourth-order valence-corrected chi connectivity index (χ4v) is 2.57. The van der Waals surface area contributed by atoms with Gasteiger partial charge in [-0.3, -0.25) is 9.59 Å². The van der Waals surface area contributed by atoms with Crippen molar-refractivity contribution in [3.8, 4) is 0 Å². The quantitative estimate of drug-likeness (QED) is 0.757. The number of carbonyl (C=O) groups is 2. The van der Waals surface area contributed by atoms with Crippen molar-refractivity contribution in [1.29, 1.82) is 0 Å². The average molecular weight is 241 g/mol. The Balaban J connectivity index is 1.84. The van der Waals surface area contributed by atoms with Crippen LogP contribution in [-0.2, 0) is 14.3 Å². The molecule has 4 atom stereocenters. The van der Waals surface area contributed by atoms with E-state index in [2.05, 4.69) is 19.2 Å². The summed E-state index contributed by atoms with van der Waals surface area (Å²) in [6, 6.07) is 0.0926. The predicted octanol–water partition coefficient (Wildman–Crippen LogP) is 0.637. The van der Waals surface area contributed by atoms with Crippen molar-refractivity contribution in [2.75, 3.05) is 7.11 Å². The first-order chi connectivity index (χ1) is 7.87. The number of rotatable bonds is 4. The molecule has 2 N–H and O–H groups in total. The second-order valence-electron chi connectivity index (χ2n) is 5.63. The van der Waals surface area contributed by atoms with Crippen LogP contribution in [0.1, 0.15) is 26.7 Å². The topological polar surface area (TPSA) is 75.6 Å². The van der Waals surface area contributed by atoms with Crippen molar-refractivity contribution in [1.82, 2.24) is 5.32 Å². The molecule has 0 saturated heterocycles. The number of hydrogen-bond acceptors (Lipinski definition) is 3. The summed E-state index contributed by atoms with van der Waals surface area (Å²) in [7, 11) is 1.67. The monoisotopic (exact) mass is 241 g/mol. The minimum Gasteiger partial charge on any atom is -0.481 e. The summed E-state index contributed by atoms with van der Waals surface area (Å²) in [6.07, 6.45) is 1.45. The molecule has 0 heterocycles. The Morgan fingerprint density at radius 2 is 1.94 bits per heavy atom. The van der Waals surface area contributed by atoms with Gasteiger partial charge in [-0.2, -0.15) is 0 Å². The summed E-state index contributed by atoms with van der Waals surface area (Å²) in [5.41, 5.74) is -0.0714. The standard InChI is InChI=1S/C12H19NO4/c1-12(2)8(5-9(12)17-3)13-10(14)6-4-7(6)11(15)16/h6-9H,4-5H2,1-3H3,(H,13,14)(H,15,16). The average Bonchev–Trinajstić information content (AvgIpc) is 3.03. The Bertz CT molecular complexity index is 352. The maximum Gasteiger partial charge on any atom is 0.307 e. The van der Waals surface area contributed by atoms with E-state index >= 15 is 0 Å². The minimum atomic E-state index is -0.868. The van der Waals surface area contributed by atoms with Gasteiger partial charge in [0.05, 0.1) is 17.9 Å². The molecule has 96 valence electrons. The Morgan fingerprint density at radius 3 is 2.35 bits per heavy atom. The predicted molar refractivity (Wildman–Crippen MR) is 60.4 cm³/mol. The van der Waals surface area contributed by atoms with E-state index < -0.39 is 11.9 Å². The van der Waals surface area contributed by atoms with Gasteiger partial charge in [0, 0.05) is 18.6 Å². The van der Waals surface area contributed by atoms with E-state index in [9.17, 15) is 9.59 Å². The van der Waals surface area contributed by atoms with Crippen molar-refractivity contribution in [3.63, 3.8) is 0 Å². The minimum absolute atomic E-state index is 0.0714. The normalized spacial score (nSPS) is 38.1. The summed E-state index contributed by atoms with van der Waals surface area (Å²) in [5, 5.41) is 11.7. The highest BCUT2D eigenvalue weighted by molar-refractivity contribution is 5.89. The summed E-state index contributed by atoms with van der Waals surface area (Å²) >= 11 is 0. The number of hydrogen-bond donors (Lipinski definition) is 2. The van der Waals surface area contributed by atoms with E-state index in [1.807, 2.05) is 0 Å². The maximum atomic E-state index is 11.8. The van der Waals surface area contributed by atoms with Gasteiger partial charge in [-0.15, -0.1) is 0 Å². The van der Waals surface area contributed by atoms with Crippen LogP contribution in [0.4, 0.5) is 0 Å². The van der Waals surface area contributed by atoms with Gasteiger partial charge in [0.15, 0.2) is 0 Å². The molecule has 2 rings (SSSR count). The van der Waals surface area contributed by atoms with Crippen LogP contribution in [-0.4, -0.2) is 36.2 Å². The van der Waals surface area contributed by atoms with Gasteiger partial charge in [0.1, 0.15) is 0 Å². The van der Waals surface area contributed by atoms with Gasteiger partial charge < -0.3 is 15.2 Å².